The Hall–Kier alpha value is -0.530. The molecule has 0 aromatic rings. The maximum absolute atomic E-state index is 11.5. The number of carbonyl (C=O) groups excluding carboxylic acids is 1. The van der Waals surface area contributed by atoms with E-state index < -0.39 is 0 Å². The number of likely N-dealkylation sites (tertiary alicyclic amines) is 1. The molecule has 1 saturated carbocycles. The number of carbonyl (C=O) groups is 1. The van der Waals surface area contributed by atoms with Crippen LogP contribution in [-0.2, 0) is 4.79 Å². The molecular weight excluding hydrogens is 174 g/mol. The van der Waals surface area contributed by atoms with E-state index >= 15 is 0 Å². The van der Waals surface area contributed by atoms with Gasteiger partial charge in [0.15, 0.2) is 0 Å². The van der Waals surface area contributed by atoms with Gasteiger partial charge in [0, 0.05) is 19.5 Å². The minimum absolute atomic E-state index is 0.276. The average Bonchev–Trinajstić information content (AvgIpc) is 2.43. The highest BCUT2D eigenvalue weighted by Gasteiger charge is 2.42. The number of hydrogen-bond acceptors (Lipinski definition) is 1. The van der Waals surface area contributed by atoms with Gasteiger partial charge in [-0.05, 0) is 30.6 Å². The van der Waals surface area contributed by atoms with Crippen LogP contribution in [0.5, 0.6) is 0 Å². The summed E-state index contributed by atoms with van der Waals surface area (Å²) in [5.41, 5.74) is 0. The molecule has 14 heavy (non-hydrogen) atoms. The van der Waals surface area contributed by atoms with Crippen molar-refractivity contribution in [3.8, 4) is 0 Å². The van der Waals surface area contributed by atoms with E-state index in [0.717, 1.165) is 24.3 Å². The summed E-state index contributed by atoms with van der Waals surface area (Å²) in [5, 5.41) is 0. The Morgan fingerprint density at radius 2 is 2.00 bits per heavy atom. The van der Waals surface area contributed by atoms with Crippen LogP contribution in [-0.4, -0.2) is 23.4 Å². The molecule has 0 N–H and O–H groups in total. The fourth-order valence-electron chi connectivity index (χ4n) is 3.34. The lowest BCUT2D eigenvalue weighted by Gasteiger charge is -2.34. The first kappa shape index (κ1) is 10.0. The first-order chi connectivity index (χ1) is 6.59. The molecule has 2 heteroatoms. The summed E-state index contributed by atoms with van der Waals surface area (Å²) in [7, 11) is 0. The third-order valence-electron chi connectivity index (χ3n) is 4.15. The molecule has 4 unspecified atom stereocenters. The van der Waals surface area contributed by atoms with Crippen molar-refractivity contribution in [2.24, 2.45) is 17.8 Å². The van der Waals surface area contributed by atoms with Crippen molar-refractivity contribution in [3.63, 3.8) is 0 Å². The summed E-state index contributed by atoms with van der Waals surface area (Å²) in [6.07, 6.45) is 3.92. The molecule has 4 atom stereocenters. The van der Waals surface area contributed by atoms with Crippen LogP contribution < -0.4 is 0 Å². The van der Waals surface area contributed by atoms with Gasteiger partial charge in [-0.15, -0.1) is 0 Å². The summed E-state index contributed by atoms with van der Waals surface area (Å²) in [5.74, 6) is 2.59. The average molecular weight is 195 g/mol. The smallest absolute Gasteiger partial charge is 0.219 e. The summed E-state index contributed by atoms with van der Waals surface area (Å²) in [6.45, 7) is 7.33. The minimum atomic E-state index is 0.276. The van der Waals surface area contributed by atoms with Crippen LogP contribution in [0.1, 0.15) is 40.0 Å². The topological polar surface area (TPSA) is 20.3 Å². The van der Waals surface area contributed by atoms with E-state index in [0.29, 0.717) is 6.04 Å². The Labute approximate surface area is 86.7 Å². The third-order valence-corrected chi connectivity index (χ3v) is 4.15. The van der Waals surface area contributed by atoms with Gasteiger partial charge in [0.1, 0.15) is 0 Å². The monoisotopic (exact) mass is 195 g/mol. The largest absolute Gasteiger partial charge is 0.339 e. The second kappa shape index (κ2) is 3.56. The van der Waals surface area contributed by atoms with E-state index in [9.17, 15) is 4.79 Å². The van der Waals surface area contributed by atoms with Crippen LogP contribution in [0.2, 0.25) is 0 Å². The molecule has 0 spiro atoms. The highest BCUT2D eigenvalue weighted by atomic mass is 16.2. The molecule has 1 amide bonds. The predicted octanol–water partition coefficient (Wildman–Crippen LogP) is 2.29. The third kappa shape index (κ3) is 1.55. The van der Waals surface area contributed by atoms with Crippen molar-refractivity contribution in [1.82, 2.24) is 4.90 Å². The van der Waals surface area contributed by atoms with Gasteiger partial charge in [0.25, 0.3) is 0 Å². The Bertz CT molecular complexity index is 238. The molecule has 0 aromatic heterocycles. The highest BCUT2D eigenvalue weighted by Crippen LogP contribution is 2.41. The molecule has 0 bridgehead atoms. The molecule has 2 fully saturated rings. The molecule has 1 aliphatic heterocycles. The van der Waals surface area contributed by atoms with Crippen molar-refractivity contribution in [2.45, 2.75) is 46.1 Å². The van der Waals surface area contributed by atoms with E-state index in [-0.39, 0.29) is 5.91 Å². The van der Waals surface area contributed by atoms with E-state index in [4.69, 9.17) is 0 Å². The van der Waals surface area contributed by atoms with Gasteiger partial charge >= 0.3 is 0 Å². The lowest BCUT2D eigenvalue weighted by molar-refractivity contribution is -0.130. The first-order valence-electron chi connectivity index (χ1n) is 5.86. The van der Waals surface area contributed by atoms with Crippen LogP contribution in [0, 0.1) is 17.8 Å². The fraction of sp³-hybridized carbons (Fsp3) is 0.917. The minimum Gasteiger partial charge on any atom is -0.339 e. The zero-order valence-corrected chi connectivity index (χ0v) is 9.49. The second-order valence-electron chi connectivity index (χ2n) is 5.30. The Balaban J connectivity index is 2.13. The van der Waals surface area contributed by atoms with Crippen LogP contribution >= 0.6 is 0 Å². The standard InChI is InChI=1S/C12H21NO/c1-8-4-5-11-9(2)7-13(10(3)14)12(11)6-8/h8-9,11-12H,4-7H2,1-3H3. The fourth-order valence-corrected chi connectivity index (χ4v) is 3.34. The normalized spacial score (nSPS) is 42.4. The summed E-state index contributed by atoms with van der Waals surface area (Å²) in [4.78, 5) is 13.6. The zero-order valence-electron chi connectivity index (χ0n) is 9.49. The number of fused-ring (bicyclic) bond motifs is 1. The van der Waals surface area contributed by atoms with Gasteiger partial charge in [0.2, 0.25) is 5.91 Å². The van der Waals surface area contributed by atoms with Gasteiger partial charge in [-0.25, -0.2) is 0 Å². The van der Waals surface area contributed by atoms with Crippen molar-refractivity contribution in [1.29, 1.82) is 0 Å². The van der Waals surface area contributed by atoms with Crippen molar-refractivity contribution < 1.29 is 4.79 Å². The zero-order chi connectivity index (χ0) is 10.3. The molecule has 0 radical (unpaired) electrons. The van der Waals surface area contributed by atoms with E-state index in [1.807, 2.05) is 0 Å². The Morgan fingerprint density at radius 1 is 1.29 bits per heavy atom. The van der Waals surface area contributed by atoms with Gasteiger partial charge in [0.05, 0.1) is 0 Å². The van der Waals surface area contributed by atoms with Gasteiger partial charge in [-0.2, -0.15) is 0 Å². The van der Waals surface area contributed by atoms with Crippen LogP contribution in [0.25, 0.3) is 0 Å². The molecule has 80 valence electrons. The Kier molecular flexibility index (Phi) is 2.54. The van der Waals surface area contributed by atoms with Crippen LogP contribution in [0.3, 0.4) is 0 Å². The number of rotatable bonds is 0. The summed E-state index contributed by atoms with van der Waals surface area (Å²) < 4.78 is 0. The molecule has 0 aromatic carbocycles. The van der Waals surface area contributed by atoms with Crippen molar-refractivity contribution >= 4 is 5.91 Å². The molecule has 1 saturated heterocycles. The van der Waals surface area contributed by atoms with E-state index in [1.165, 1.54) is 19.3 Å². The lowest BCUT2D eigenvalue weighted by atomic mass is 9.76. The predicted molar refractivity (Wildman–Crippen MR) is 56.8 cm³/mol. The molecule has 2 aliphatic rings. The Morgan fingerprint density at radius 3 is 2.64 bits per heavy atom. The highest BCUT2D eigenvalue weighted by molar-refractivity contribution is 5.74. The first-order valence-corrected chi connectivity index (χ1v) is 5.86. The lowest BCUT2D eigenvalue weighted by Crippen LogP contribution is -2.39. The number of hydrogen-bond donors (Lipinski definition) is 0. The van der Waals surface area contributed by atoms with Gasteiger partial charge in [-0.3, -0.25) is 4.79 Å². The molecule has 1 heterocycles. The summed E-state index contributed by atoms with van der Waals surface area (Å²) >= 11 is 0. The van der Waals surface area contributed by atoms with Gasteiger partial charge < -0.3 is 4.90 Å². The number of amides is 1. The SMILES string of the molecule is CC(=O)N1CC(C)C2CCC(C)CC21. The molecule has 2 nitrogen and oxygen atoms in total. The maximum atomic E-state index is 11.5. The van der Waals surface area contributed by atoms with Crippen molar-refractivity contribution in [3.05, 3.63) is 0 Å². The van der Waals surface area contributed by atoms with E-state index in [1.54, 1.807) is 6.92 Å². The van der Waals surface area contributed by atoms with Crippen LogP contribution in [0.15, 0.2) is 0 Å². The second-order valence-corrected chi connectivity index (χ2v) is 5.30. The molecule has 1 aliphatic carbocycles. The quantitative estimate of drug-likeness (QED) is 0.580. The number of nitrogens with zero attached hydrogens (tertiary/aromatic N) is 1. The van der Waals surface area contributed by atoms with Crippen molar-refractivity contribution in [2.75, 3.05) is 6.54 Å². The van der Waals surface area contributed by atoms with Crippen LogP contribution in [0.4, 0.5) is 0 Å². The molecule has 2 rings (SSSR count). The van der Waals surface area contributed by atoms with E-state index in [2.05, 4.69) is 18.7 Å². The molecular formula is C12H21NO. The summed E-state index contributed by atoms with van der Waals surface area (Å²) in [6, 6.07) is 0.561. The maximum Gasteiger partial charge on any atom is 0.219 e. The van der Waals surface area contributed by atoms with Gasteiger partial charge in [-0.1, -0.05) is 20.3 Å².